The summed E-state index contributed by atoms with van der Waals surface area (Å²) < 4.78 is 0. The molecule has 5 heteroatoms. The third kappa shape index (κ3) is 2.81. The number of aromatic nitrogens is 2. The highest BCUT2D eigenvalue weighted by Crippen LogP contribution is 2.23. The molecule has 0 aliphatic heterocycles. The zero-order valence-corrected chi connectivity index (χ0v) is 13.9. The van der Waals surface area contributed by atoms with Crippen molar-refractivity contribution in [1.29, 1.82) is 0 Å². The Labute approximate surface area is 143 Å². The third-order valence-corrected chi connectivity index (χ3v) is 4.67. The van der Waals surface area contributed by atoms with Gasteiger partial charge in [0.2, 0.25) is 0 Å². The largest absolute Gasteiger partial charge is 0.338 e. The fraction of sp³-hybridized carbons (Fsp3) is 0.0526. The standard InChI is InChI=1S/C19H15N3OS/c1-12-4-9-15-16(11-12)22-18(21-15)13-5-7-14(8-6-13)20-19(23)17-3-2-10-24-17/h2-11H,1H3,(H,20,23)(H,21,22). The monoisotopic (exact) mass is 333 g/mol. The molecule has 4 rings (SSSR count). The molecule has 24 heavy (non-hydrogen) atoms. The number of nitrogens with one attached hydrogen (secondary N) is 2. The predicted molar refractivity (Wildman–Crippen MR) is 98.5 cm³/mol. The summed E-state index contributed by atoms with van der Waals surface area (Å²) >= 11 is 1.43. The number of hydrogen-bond acceptors (Lipinski definition) is 3. The lowest BCUT2D eigenvalue weighted by molar-refractivity contribution is 0.103. The molecule has 0 bridgehead atoms. The number of H-pyrrole nitrogens is 1. The Morgan fingerprint density at radius 3 is 2.71 bits per heavy atom. The number of aryl methyl sites for hydroxylation is 1. The van der Waals surface area contributed by atoms with Crippen molar-refractivity contribution >= 4 is 34.0 Å². The predicted octanol–water partition coefficient (Wildman–Crippen LogP) is 4.85. The van der Waals surface area contributed by atoms with Gasteiger partial charge in [0.1, 0.15) is 5.82 Å². The Morgan fingerprint density at radius 2 is 1.96 bits per heavy atom. The van der Waals surface area contributed by atoms with E-state index in [1.165, 1.54) is 16.9 Å². The Hall–Kier alpha value is -2.92. The van der Waals surface area contributed by atoms with Crippen LogP contribution in [0.15, 0.2) is 60.0 Å². The van der Waals surface area contributed by atoms with Gasteiger partial charge in [-0.05, 0) is 60.3 Å². The minimum atomic E-state index is -0.0861. The van der Waals surface area contributed by atoms with E-state index in [2.05, 4.69) is 34.3 Å². The molecule has 1 amide bonds. The number of benzene rings is 2. The maximum atomic E-state index is 12.1. The number of hydrogen-bond donors (Lipinski definition) is 2. The van der Waals surface area contributed by atoms with Crippen molar-refractivity contribution in [1.82, 2.24) is 9.97 Å². The molecule has 0 spiro atoms. The van der Waals surface area contributed by atoms with E-state index in [1.54, 1.807) is 0 Å². The van der Waals surface area contributed by atoms with Crippen LogP contribution in [-0.2, 0) is 0 Å². The SMILES string of the molecule is Cc1ccc2[nH]c(-c3ccc(NC(=O)c4cccs4)cc3)nc2c1. The number of carbonyl (C=O) groups excluding carboxylic acids is 1. The topological polar surface area (TPSA) is 57.8 Å². The first-order valence-electron chi connectivity index (χ1n) is 7.61. The van der Waals surface area contributed by atoms with Gasteiger partial charge in [-0.3, -0.25) is 4.79 Å². The van der Waals surface area contributed by atoms with Crippen LogP contribution in [0.5, 0.6) is 0 Å². The lowest BCUT2D eigenvalue weighted by Crippen LogP contribution is -2.09. The molecule has 0 saturated carbocycles. The lowest BCUT2D eigenvalue weighted by Gasteiger charge is -2.04. The highest BCUT2D eigenvalue weighted by Gasteiger charge is 2.08. The zero-order chi connectivity index (χ0) is 16.5. The Bertz CT molecular complexity index is 1000. The molecule has 0 radical (unpaired) electrons. The smallest absolute Gasteiger partial charge is 0.265 e. The van der Waals surface area contributed by atoms with Crippen LogP contribution in [-0.4, -0.2) is 15.9 Å². The van der Waals surface area contributed by atoms with Gasteiger partial charge in [-0.2, -0.15) is 0 Å². The maximum absolute atomic E-state index is 12.1. The number of anilines is 1. The van der Waals surface area contributed by atoms with E-state index in [0.717, 1.165) is 28.1 Å². The molecular formula is C19H15N3OS. The molecule has 4 nitrogen and oxygen atoms in total. The molecule has 2 aromatic heterocycles. The first-order chi connectivity index (χ1) is 11.7. The van der Waals surface area contributed by atoms with Crippen LogP contribution in [0, 0.1) is 6.92 Å². The van der Waals surface area contributed by atoms with E-state index < -0.39 is 0 Å². The average Bonchev–Trinajstić information content (AvgIpc) is 3.24. The molecule has 4 aromatic rings. The molecule has 0 aliphatic carbocycles. The van der Waals surface area contributed by atoms with E-state index in [9.17, 15) is 4.79 Å². The number of fused-ring (bicyclic) bond motifs is 1. The summed E-state index contributed by atoms with van der Waals surface area (Å²) in [7, 11) is 0. The first kappa shape index (κ1) is 14.7. The van der Waals surface area contributed by atoms with Gasteiger partial charge < -0.3 is 10.3 Å². The number of nitrogens with zero attached hydrogens (tertiary/aromatic N) is 1. The summed E-state index contributed by atoms with van der Waals surface area (Å²) in [4.78, 5) is 20.7. The van der Waals surface area contributed by atoms with Crippen molar-refractivity contribution in [2.75, 3.05) is 5.32 Å². The highest BCUT2D eigenvalue weighted by molar-refractivity contribution is 7.12. The van der Waals surface area contributed by atoms with E-state index >= 15 is 0 Å². The molecule has 2 N–H and O–H groups in total. The van der Waals surface area contributed by atoms with Crippen LogP contribution in [0.2, 0.25) is 0 Å². The summed E-state index contributed by atoms with van der Waals surface area (Å²) in [5.41, 5.74) is 4.92. The van der Waals surface area contributed by atoms with Gasteiger partial charge >= 0.3 is 0 Å². The van der Waals surface area contributed by atoms with Crippen LogP contribution in [0.3, 0.4) is 0 Å². The summed E-state index contributed by atoms with van der Waals surface area (Å²) in [6, 6.07) is 17.5. The van der Waals surface area contributed by atoms with Crippen LogP contribution >= 0.6 is 11.3 Å². The van der Waals surface area contributed by atoms with Crippen molar-refractivity contribution in [3.63, 3.8) is 0 Å². The highest BCUT2D eigenvalue weighted by atomic mass is 32.1. The molecular weight excluding hydrogens is 318 g/mol. The quantitative estimate of drug-likeness (QED) is 0.563. The van der Waals surface area contributed by atoms with Crippen LogP contribution in [0.4, 0.5) is 5.69 Å². The fourth-order valence-electron chi connectivity index (χ4n) is 2.56. The van der Waals surface area contributed by atoms with Gasteiger partial charge in [0.15, 0.2) is 0 Å². The average molecular weight is 333 g/mol. The zero-order valence-electron chi connectivity index (χ0n) is 13.0. The number of thiophene rings is 1. The molecule has 0 atom stereocenters. The van der Waals surface area contributed by atoms with E-state index in [1.807, 2.05) is 47.8 Å². The first-order valence-corrected chi connectivity index (χ1v) is 8.49. The van der Waals surface area contributed by atoms with Gasteiger partial charge in [-0.1, -0.05) is 12.1 Å². The maximum Gasteiger partial charge on any atom is 0.265 e. The summed E-state index contributed by atoms with van der Waals surface area (Å²) in [6.45, 7) is 2.05. The Balaban J connectivity index is 1.57. The second kappa shape index (κ2) is 5.94. The van der Waals surface area contributed by atoms with E-state index in [0.29, 0.717) is 4.88 Å². The van der Waals surface area contributed by atoms with Gasteiger partial charge in [0.25, 0.3) is 5.91 Å². The lowest BCUT2D eigenvalue weighted by atomic mass is 10.2. The number of carbonyl (C=O) groups is 1. The number of rotatable bonds is 3. The Morgan fingerprint density at radius 1 is 1.12 bits per heavy atom. The van der Waals surface area contributed by atoms with Gasteiger partial charge in [-0.25, -0.2) is 4.98 Å². The molecule has 0 unspecified atom stereocenters. The van der Waals surface area contributed by atoms with Crippen molar-refractivity contribution in [2.45, 2.75) is 6.92 Å². The molecule has 2 heterocycles. The molecule has 0 fully saturated rings. The number of imidazole rings is 1. The van der Waals surface area contributed by atoms with Crippen molar-refractivity contribution in [3.8, 4) is 11.4 Å². The van der Waals surface area contributed by atoms with Gasteiger partial charge in [0, 0.05) is 11.3 Å². The molecule has 118 valence electrons. The minimum absolute atomic E-state index is 0.0861. The third-order valence-electron chi connectivity index (χ3n) is 3.80. The van der Waals surface area contributed by atoms with Crippen molar-refractivity contribution < 1.29 is 4.79 Å². The summed E-state index contributed by atoms with van der Waals surface area (Å²) in [5, 5.41) is 4.79. The summed E-state index contributed by atoms with van der Waals surface area (Å²) in [5.74, 6) is 0.740. The van der Waals surface area contributed by atoms with Crippen LogP contribution < -0.4 is 5.32 Å². The van der Waals surface area contributed by atoms with Crippen molar-refractivity contribution in [3.05, 3.63) is 70.4 Å². The number of aromatic amines is 1. The van der Waals surface area contributed by atoms with Gasteiger partial charge in [0.05, 0.1) is 15.9 Å². The molecule has 2 aromatic carbocycles. The fourth-order valence-corrected chi connectivity index (χ4v) is 3.18. The van der Waals surface area contributed by atoms with E-state index in [-0.39, 0.29) is 5.91 Å². The summed E-state index contributed by atoms with van der Waals surface area (Å²) in [6.07, 6.45) is 0. The second-order valence-electron chi connectivity index (χ2n) is 5.61. The van der Waals surface area contributed by atoms with E-state index in [4.69, 9.17) is 0 Å². The van der Waals surface area contributed by atoms with Crippen LogP contribution in [0.1, 0.15) is 15.2 Å². The van der Waals surface area contributed by atoms with Gasteiger partial charge in [-0.15, -0.1) is 11.3 Å². The normalized spacial score (nSPS) is 10.9. The number of amides is 1. The molecule has 0 saturated heterocycles. The molecule has 0 aliphatic rings. The van der Waals surface area contributed by atoms with Crippen molar-refractivity contribution in [2.24, 2.45) is 0 Å². The Kier molecular flexibility index (Phi) is 3.63. The minimum Gasteiger partial charge on any atom is -0.338 e. The van der Waals surface area contributed by atoms with Crippen LogP contribution in [0.25, 0.3) is 22.4 Å². The second-order valence-corrected chi connectivity index (χ2v) is 6.56.